The van der Waals surface area contributed by atoms with Gasteiger partial charge in [-0.1, -0.05) is 27.7 Å². The van der Waals surface area contributed by atoms with Gasteiger partial charge in [-0.2, -0.15) is 4.31 Å². The Balaban J connectivity index is 2.71. The van der Waals surface area contributed by atoms with E-state index >= 15 is 0 Å². The monoisotopic (exact) mass is 383 g/mol. The molecule has 146 valence electrons. The molecule has 0 heterocycles. The van der Waals surface area contributed by atoms with Crippen LogP contribution < -0.4 is 10.6 Å². The first-order valence-electron chi connectivity index (χ1n) is 8.81. The summed E-state index contributed by atoms with van der Waals surface area (Å²) in [5, 5.41) is 5.34. The van der Waals surface area contributed by atoms with E-state index in [2.05, 4.69) is 10.6 Å². The predicted octanol–water partition coefficient (Wildman–Crippen LogP) is 1.61. The highest BCUT2D eigenvalue weighted by Gasteiger charge is 2.21. The molecular weight excluding hydrogens is 354 g/mol. The summed E-state index contributed by atoms with van der Waals surface area (Å²) in [7, 11) is -3.55. The summed E-state index contributed by atoms with van der Waals surface area (Å²) >= 11 is 0. The zero-order valence-corrected chi connectivity index (χ0v) is 16.9. The minimum Gasteiger partial charge on any atom is -0.352 e. The lowest BCUT2D eigenvalue weighted by Gasteiger charge is -2.18. The number of sulfonamides is 1. The topological polar surface area (TPSA) is 95.6 Å². The number of nitrogens with one attached hydrogen (secondary N) is 2. The summed E-state index contributed by atoms with van der Waals surface area (Å²) in [5.74, 6) is -0.389. The Morgan fingerprint density at radius 1 is 1.04 bits per heavy atom. The van der Waals surface area contributed by atoms with Crippen LogP contribution in [0.3, 0.4) is 0 Å². The summed E-state index contributed by atoms with van der Waals surface area (Å²) in [5.41, 5.74) is 0.299. The van der Waals surface area contributed by atoms with E-state index in [-0.39, 0.29) is 23.4 Å². The molecule has 0 aliphatic rings. The lowest BCUT2D eigenvalue weighted by molar-refractivity contribution is -0.121. The zero-order chi connectivity index (χ0) is 19.9. The molecular formula is C18H29N3O4S. The molecule has 1 aromatic rings. The molecule has 0 fully saturated rings. The Kier molecular flexibility index (Phi) is 8.23. The lowest BCUT2D eigenvalue weighted by Crippen LogP contribution is -2.42. The highest BCUT2D eigenvalue weighted by atomic mass is 32.2. The average molecular weight is 384 g/mol. The van der Waals surface area contributed by atoms with Gasteiger partial charge in [0.2, 0.25) is 15.9 Å². The third-order valence-electron chi connectivity index (χ3n) is 4.26. The first-order chi connectivity index (χ1) is 12.1. The number of carbonyl (C=O) groups excluding carboxylic acids is 2. The van der Waals surface area contributed by atoms with Crippen LogP contribution in [-0.2, 0) is 14.8 Å². The van der Waals surface area contributed by atoms with Gasteiger partial charge in [-0.05, 0) is 37.1 Å². The quantitative estimate of drug-likeness (QED) is 0.677. The van der Waals surface area contributed by atoms with Gasteiger partial charge in [0.1, 0.15) is 0 Å². The van der Waals surface area contributed by atoms with E-state index in [1.165, 1.54) is 28.6 Å². The number of hydrogen-bond donors (Lipinski definition) is 2. The molecule has 0 aliphatic heterocycles. The minimum atomic E-state index is -3.55. The molecule has 0 aromatic heterocycles. The van der Waals surface area contributed by atoms with Crippen molar-refractivity contribution in [2.45, 2.75) is 45.6 Å². The van der Waals surface area contributed by atoms with E-state index < -0.39 is 15.9 Å². The van der Waals surface area contributed by atoms with Crippen LogP contribution >= 0.6 is 0 Å². The molecule has 1 aromatic carbocycles. The summed E-state index contributed by atoms with van der Waals surface area (Å²) < 4.78 is 26.2. The van der Waals surface area contributed by atoms with Gasteiger partial charge >= 0.3 is 0 Å². The van der Waals surface area contributed by atoms with Crippen molar-refractivity contribution < 1.29 is 18.0 Å². The molecule has 7 nitrogen and oxygen atoms in total. The zero-order valence-electron chi connectivity index (χ0n) is 16.1. The fourth-order valence-corrected chi connectivity index (χ4v) is 3.68. The van der Waals surface area contributed by atoms with Crippen molar-refractivity contribution >= 4 is 21.8 Å². The van der Waals surface area contributed by atoms with Crippen LogP contribution in [0.25, 0.3) is 0 Å². The van der Waals surface area contributed by atoms with Crippen LogP contribution in [0.1, 0.15) is 45.0 Å². The highest BCUT2D eigenvalue weighted by Crippen LogP contribution is 2.16. The molecule has 0 bridgehead atoms. The lowest BCUT2D eigenvalue weighted by atomic mass is 10.1. The molecule has 0 aliphatic carbocycles. The first kappa shape index (κ1) is 22.1. The van der Waals surface area contributed by atoms with E-state index in [0.29, 0.717) is 24.6 Å². The largest absolute Gasteiger partial charge is 0.352 e. The molecule has 0 spiro atoms. The van der Waals surface area contributed by atoms with Crippen LogP contribution in [0, 0.1) is 5.92 Å². The van der Waals surface area contributed by atoms with Crippen molar-refractivity contribution in [2.24, 2.45) is 5.92 Å². The second kappa shape index (κ2) is 9.68. The number of rotatable bonds is 9. The van der Waals surface area contributed by atoms with E-state index in [0.717, 1.165) is 0 Å². The molecule has 2 N–H and O–H groups in total. The van der Waals surface area contributed by atoms with E-state index in [9.17, 15) is 18.0 Å². The number of carbonyl (C=O) groups is 2. The molecule has 26 heavy (non-hydrogen) atoms. The SMILES string of the molecule is CCN(CC)S(=O)(=O)c1ccc(C(=O)NCC(=O)NC(C)C(C)C)cc1. The van der Waals surface area contributed by atoms with Gasteiger partial charge in [0.15, 0.2) is 0 Å². The smallest absolute Gasteiger partial charge is 0.251 e. The molecule has 1 unspecified atom stereocenters. The third-order valence-corrected chi connectivity index (χ3v) is 6.32. The van der Waals surface area contributed by atoms with Crippen molar-refractivity contribution in [3.63, 3.8) is 0 Å². The third kappa shape index (κ3) is 5.81. The maximum atomic E-state index is 12.4. The Bertz CT molecular complexity index is 710. The van der Waals surface area contributed by atoms with Crippen molar-refractivity contribution in [1.82, 2.24) is 14.9 Å². The van der Waals surface area contributed by atoms with E-state index in [1.807, 2.05) is 20.8 Å². The number of amides is 2. The number of benzene rings is 1. The van der Waals surface area contributed by atoms with E-state index in [4.69, 9.17) is 0 Å². The van der Waals surface area contributed by atoms with Crippen LogP contribution in [0.4, 0.5) is 0 Å². The molecule has 0 radical (unpaired) electrons. The summed E-state index contributed by atoms with van der Waals surface area (Å²) in [6.07, 6.45) is 0. The van der Waals surface area contributed by atoms with Crippen LogP contribution in [0.2, 0.25) is 0 Å². The van der Waals surface area contributed by atoms with E-state index in [1.54, 1.807) is 13.8 Å². The van der Waals surface area contributed by atoms with Gasteiger partial charge in [-0.25, -0.2) is 8.42 Å². The number of nitrogens with zero attached hydrogens (tertiary/aromatic N) is 1. The Morgan fingerprint density at radius 3 is 2.04 bits per heavy atom. The first-order valence-corrected chi connectivity index (χ1v) is 10.2. The van der Waals surface area contributed by atoms with Crippen molar-refractivity contribution in [3.8, 4) is 0 Å². The molecule has 0 saturated heterocycles. The standard InChI is InChI=1S/C18H29N3O4S/c1-6-21(7-2)26(24,25)16-10-8-15(9-11-16)18(23)19-12-17(22)20-14(5)13(3)4/h8-11,13-14H,6-7,12H2,1-5H3,(H,19,23)(H,20,22). The predicted molar refractivity (Wildman–Crippen MR) is 101 cm³/mol. The second-order valence-corrected chi connectivity index (χ2v) is 8.33. The minimum absolute atomic E-state index is 0.0176. The fraction of sp³-hybridized carbons (Fsp3) is 0.556. The normalized spacial score (nSPS) is 12.9. The van der Waals surface area contributed by atoms with Crippen LogP contribution in [-0.4, -0.2) is 50.2 Å². The average Bonchev–Trinajstić information content (AvgIpc) is 2.60. The Hall–Kier alpha value is -1.93. The van der Waals surface area contributed by atoms with Gasteiger partial charge in [0.25, 0.3) is 5.91 Å². The Morgan fingerprint density at radius 2 is 1.58 bits per heavy atom. The highest BCUT2D eigenvalue weighted by molar-refractivity contribution is 7.89. The van der Waals surface area contributed by atoms with Gasteiger partial charge in [-0.15, -0.1) is 0 Å². The Labute approximate surface area is 156 Å². The van der Waals surface area contributed by atoms with Gasteiger partial charge in [0.05, 0.1) is 11.4 Å². The maximum Gasteiger partial charge on any atom is 0.251 e. The molecule has 0 saturated carbocycles. The molecule has 8 heteroatoms. The molecule has 2 amide bonds. The maximum absolute atomic E-state index is 12.4. The number of hydrogen-bond acceptors (Lipinski definition) is 4. The van der Waals surface area contributed by atoms with Gasteiger partial charge in [0, 0.05) is 24.7 Å². The summed E-state index contributed by atoms with van der Waals surface area (Å²) in [6.45, 7) is 10.1. The summed E-state index contributed by atoms with van der Waals surface area (Å²) in [6, 6.07) is 5.72. The van der Waals surface area contributed by atoms with Crippen molar-refractivity contribution in [1.29, 1.82) is 0 Å². The van der Waals surface area contributed by atoms with Gasteiger partial charge in [-0.3, -0.25) is 9.59 Å². The molecule has 1 atom stereocenters. The second-order valence-electron chi connectivity index (χ2n) is 6.40. The van der Waals surface area contributed by atoms with Crippen molar-refractivity contribution in [2.75, 3.05) is 19.6 Å². The van der Waals surface area contributed by atoms with Gasteiger partial charge < -0.3 is 10.6 Å². The fourth-order valence-electron chi connectivity index (χ4n) is 2.23. The molecule has 1 rings (SSSR count). The summed E-state index contributed by atoms with van der Waals surface area (Å²) in [4.78, 5) is 24.1. The van der Waals surface area contributed by atoms with Crippen LogP contribution in [0.5, 0.6) is 0 Å². The van der Waals surface area contributed by atoms with Crippen LogP contribution in [0.15, 0.2) is 29.2 Å². The van der Waals surface area contributed by atoms with Crippen molar-refractivity contribution in [3.05, 3.63) is 29.8 Å².